The number of aliphatic hydroxyl groups is 2. The standard InChI is InChI=1S/C41H55N5O6/c1-24-33-20-30(41(33,3)4)21-34(24)44-40(50)37-36(25(2)48)35(23-47)52-46(37)22-27-9-8-10-32(38(27)51-7)28-17-29(19-31(18-28)45(5)6)39(49)43-16-13-26-11-14-42-15-12-26/h8-12,14-15,17-19,24-25,30,33-37,47-48H,13,16,20-23H2,1-7H3,(H,43,49)(H,44,50)/t24-,25-,30-,33-,34-,35-,36-,37-/m0/s1. The van der Waals surface area contributed by atoms with E-state index in [2.05, 4.69) is 36.4 Å². The maximum absolute atomic E-state index is 14.2. The summed E-state index contributed by atoms with van der Waals surface area (Å²) in [5, 5.41) is 29.2. The Morgan fingerprint density at radius 1 is 1.13 bits per heavy atom. The van der Waals surface area contributed by atoms with Crippen LogP contribution in [0.4, 0.5) is 5.69 Å². The van der Waals surface area contributed by atoms with Gasteiger partial charge in [0.15, 0.2) is 0 Å². The Bertz CT molecular complexity index is 1730. The molecule has 1 aromatic heterocycles. The molecule has 1 aliphatic heterocycles. The van der Waals surface area contributed by atoms with E-state index >= 15 is 0 Å². The van der Waals surface area contributed by atoms with Crippen LogP contribution in [-0.2, 0) is 22.6 Å². The summed E-state index contributed by atoms with van der Waals surface area (Å²) in [7, 11) is 5.47. The highest BCUT2D eigenvalue weighted by molar-refractivity contribution is 5.97. The van der Waals surface area contributed by atoms with Gasteiger partial charge in [0, 0.05) is 67.4 Å². The van der Waals surface area contributed by atoms with E-state index in [1.165, 1.54) is 6.42 Å². The number of nitrogens with zero attached hydrogens (tertiary/aromatic N) is 3. The Kier molecular flexibility index (Phi) is 11.3. The molecule has 8 atom stereocenters. The smallest absolute Gasteiger partial charge is 0.251 e. The van der Waals surface area contributed by atoms with E-state index in [0.717, 1.165) is 34.4 Å². The van der Waals surface area contributed by atoms with Crippen molar-refractivity contribution in [3.8, 4) is 16.9 Å². The molecule has 11 nitrogen and oxygen atoms in total. The molecule has 4 fully saturated rings. The van der Waals surface area contributed by atoms with Crippen LogP contribution >= 0.6 is 0 Å². The molecule has 11 heteroatoms. The molecule has 0 spiro atoms. The van der Waals surface area contributed by atoms with Crippen LogP contribution < -0.4 is 20.3 Å². The average molecular weight is 714 g/mol. The summed E-state index contributed by atoms with van der Waals surface area (Å²) in [5.74, 6) is 1.02. The van der Waals surface area contributed by atoms with Crippen LogP contribution in [0.3, 0.4) is 0 Å². The van der Waals surface area contributed by atoms with Crippen LogP contribution in [0.25, 0.3) is 11.1 Å². The number of nitrogens with one attached hydrogen (secondary N) is 2. The molecule has 2 aromatic carbocycles. The normalized spacial score (nSPS) is 27.0. The van der Waals surface area contributed by atoms with Gasteiger partial charge in [-0.1, -0.05) is 39.0 Å². The maximum Gasteiger partial charge on any atom is 0.251 e. The highest BCUT2D eigenvalue weighted by Gasteiger charge is 2.57. The molecule has 3 aromatic rings. The number of fused-ring (bicyclic) bond motifs is 2. The number of carbonyl (C=O) groups excluding carboxylic acids is 2. The van der Waals surface area contributed by atoms with Crippen molar-refractivity contribution in [1.82, 2.24) is 20.7 Å². The van der Waals surface area contributed by atoms with E-state index in [0.29, 0.717) is 42.0 Å². The second kappa shape index (κ2) is 15.5. The van der Waals surface area contributed by atoms with Crippen molar-refractivity contribution in [1.29, 1.82) is 0 Å². The molecule has 3 saturated carbocycles. The lowest BCUT2D eigenvalue weighted by Gasteiger charge is -2.62. The van der Waals surface area contributed by atoms with Crippen LogP contribution in [0.15, 0.2) is 60.9 Å². The Balaban J connectivity index is 1.26. The van der Waals surface area contributed by atoms with Crippen molar-refractivity contribution in [3.63, 3.8) is 0 Å². The number of rotatable bonds is 13. The number of anilines is 1. The third-order valence-corrected chi connectivity index (χ3v) is 12.1. The molecular formula is C41H55N5O6. The number of hydrogen-bond acceptors (Lipinski definition) is 9. The zero-order valence-electron chi connectivity index (χ0n) is 31.5. The molecule has 280 valence electrons. The molecule has 2 amide bonds. The summed E-state index contributed by atoms with van der Waals surface area (Å²) in [6.07, 6.45) is 4.66. The summed E-state index contributed by atoms with van der Waals surface area (Å²) < 4.78 is 6.05. The topological polar surface area (TPSA) is 136 Å². The third-order valence-electron chi connectivity index (χ3n) is 12.1. The molecule has 52 heavy (non-hydrogen) atoms. The molecular weight excluding hydrogens is 658 g/mol. The molecule has 1 saturated heterocycles. The number of aliphatic hydroxyl groups excluding tert-OH is 2. The summed E-state index contributed by atoms with van der Waals surface area (Å²) in [5.41, 5.74) is 5.08. The number of para-hydroxylation sites is 1. The van der Waals surface area contributed by atoms with Gasteiger partial charge in [0.25, 0.3) is 5.91 Å². The van der Waals surface area contributed by atoms with Gasteiger partial charge in [-0.3, -0.25) is 19.4 Å². The highest BCUT2D eigenvalue weighted by atomic mass is 16.7. The first-order valence-corrected chi connectivity index (χ1v) is 18.5. The summed E-state index contributed by atoms with van der Waals surface area (Å²) in [6.45, 7) is 8.86. The summed E-state index contributed by atoms with van der Waals surface area (Å²) in [6, 6.07) is 14.6. The van der Waals surface area contributed by atoms with Gasteiger partial charge in [0.05, 0.1) is 26.4 Å². The minimum absolute atomic E-state index is 0.0397. The monoisotopic (exact) mass is 713 g/mol. The number of aromatic nitrogens is 1. The van der Waals surface area contributed by atoms with Crippen LogP contribution in [0.1, 0.15) is 62.0 Å². The maximum atomic E-state index is 14.2. The fraction of sp³-hybridized carbons (Fsp3) is 0.537. The zero-order chi connectivity index (χ0) is 37.3. The lowest BCUT2D eigenvalue weighted by Crippen LogP contribution is -2.62. The Morgan fingerprint density at radius 2 is 1.88 bits per heavy atom. The molecule has 3 aliphatic carbocycles. The number of methoxy groups -OCH3 is 1. The van der Waals surface area contributed by atoms with E-state index < -0.39 is 24.2 Å². The average Bonchev–Trinajstić information content (AvgIpc) is 3.51. The van der Waals surface area contributed by atoms with Crippen LogP contribution in [0, 0.1) is 29.1 Å². The molecule has 4 N–H and O–H groups in total. The number of pyridine rings is 1. The number of carbonyl (C=O) groups is 2. The molecule has 2 bridgehead atoms. The van der Waals surface area contributed by atoms with E-state index in [1.807, 2.05) is 67.5 Å². The number of hydrogen-bond donors (Lipinski definition) is 4. The van der Waals surface area contributed by atoms with Crippen molar-refractivity contribution < 1.29 is 29.4 Å². The number of amides is 2. The van der Waals surface area contributed by atoms with Crippen molar-refractivity contribution in [2.75, 3.05) is 39.3 Å². The number of ether oxygens (including phenoxy) is 1. The second-order valence-corrected chi connectivity index (χ2v) is 15.8. The lowest BCUT2D eigenvalue weighted by atomic mass is 9.45. The predicted octanol–water partition coefficient (Wildman–Crippen LogP) is 4.46. The fourth-order valence-corrected chi connectivity index (χ4v) is 8.96. The summed E-state index contributed by atoms with van der Waals surface area (Å²) >= 11 is 0. The molecule has 0 unspecified atom stereocenters. The number of benzene rings is 2. The zero-order valence-corrected chi connectivity index (χ0v) is 31.5. The SMILES string of the molecule is COc1c(CN2O[C@@H](CO)[C@H]([C@H](C)O)[C@H]2C(=O)N[C@H]2C[C@@H]3C[C@@H]([C@@H]2C)C3(C)C)cccc1-c1cc(C(=O)NCCc2ccncc2)cc(N(C)C)c1. The van der Waals surface area contributed by atoms with Gasteiger partial charge < -0.3 is 30.5 Å². The Hall–Kier alpha value is -4.03. The van der Waals surface area contributed by atoms with Crippen molar-refractivity contribution in [2.45, 2.75) is 77.8 Å². The quantitative estimate of drug-likeness (QED) is 0.203. The van der Waals surface area contributed by atoms with Gasteiger partial charge in [0.1, 0.15) is 17.9 Å². The van der Waals surface area contributed by atoms with E-state index in [4.69, 9.17) is 9.57 Å². The minimum Gasteiger partial charge on any atom is -0.496 e. The number of hydroxylamine groups is 2. The van der Waals surface area contributed by atoms with Gasteiger partial charge in [-0.2, -0.15) is 5.06 Å². The highest BCUT2D eigenvalue weighted by Crippen LogP contribution is 2.61. The van der Waals surface area contributed by atoms with E-state index in [9.17, 15) is 19.8 Å². The molecule has 7 rings (SSSR count). The fourth-order valence-electron chi connectivity index (χ4n) is 8.96. The predicted molar refractivity (Wildman–Crippen MR) is 201 cm³/mol. The van der Waals surface area contributed by atoms with Gasteiger partial charge in [-0.15, -0.1) is 0 Å². The van der Waals surface area contributed by atoms with Crippen molar-refractivity contribution in [3.05, 3.63) is 77.6 Å². The Labute approximate surface area is 307 Å². The lowest BCUT2D eigenvalue weighted by molar-refractivity contribution is -0.183. The third kappa shape index (κ3) is 7.42. The van der Waals surface area contributed by atoms with Crippen molar-refractivity contribution >= 4 is 17.5 Å². The first-order valence-electron chi connectivity index (χ1n) is 18.5. The van der Waals surface area contributed by atoms with Gasteiger partial charge >= 0.3 is 0 Å². The van der Waals surface area contributed by atoms with E-state index in [1.54, 1.807) is 31.5 Å². The molecule has 4 aliphatic rings. The van der Waals surface area contributed by atoms with Gasteiger partial charge in [-0.25, -0.2) is 0 Å². The van der Waals surface area contributed by atoms with Crippen LogP contribution in [0.2, 0.25) is 0 Å². The summed E-state index contributed by atoms with van der Waals surface area (Å²) in [4.78, 5) is 39.9. The van der Waals surface area contributed by atoms with Crippen LogP contribution in [-0.4, -0.2) is 90.7 Å². The minimum atomic E-state index is -0.898. The molecule has 2 heterocycles. The second-order valence-electron chi connectivity index (χ2n) is 15.8. The first kappa shape index (κ1) is 37.7. The van der Waals surface area contributed by atoms with Gasteiger partial charge in [0.2, 0.25) is 5.91 Å². The van der Waals surface area contributed by atoms with Crippen molar-refractivity contribution in [2.24, 2.45) is 29.1 Å². The largest absolute Gasteiger partial charge is 0.496 e. The van der Waals surface area contributed by atoms with Crippen LogP contribution in [0.5, 0.6) is 5.75 Å². The molecule has 0 radical (unpaired) electrons. The van der Waals surface area contributed by atoms with E-state index in [-0.39, 0.29) is 36.4 Å². The van der Waals surface area contributed by atoms with Gasteiger partial charge in [-0.05, 0) is 90.8 Å². The Morgan fingerprint density at radius 3 is 2.52 bits per heavy atom. The first-order chi connectivity index (χ1) is 24.8.